The van der Waals surface area contributed by atoms with E-state index in [4.69, 9.17) is 27.3 Å². The second kappa shape index (κ2) is 14.7. The Balaban J connectivity index is 1.34. The van der Waals surface area contributed by atoms with E-state index in [2.05, 4.69) is 58.0 Å². The van der Waals surface area contributed by atoms with Gasteiger partial charge in [-0.15, -0.1) is 0 Å². The first kappa shape index (κ1) is 30.9. The fourth-order valence-electron chi connectivity index (χ4n) is 5.05. The molecule has 9 nitrogen and oxygen atoms in total. The third-order valence-electron chi connectivity index (χ3n) is 7.19. The van der Waals surface area contributed by atoms with Gasteiger partial charge in [0, 0.05) is 49.7 Å². The summed E-state index contributed by atoms with van der Waals surface area (Å²) in [4.78, 5) is 27.6. The van der Waals surface area contributed by atoms with Crippen LogP contribution in [0.1, 0.15) is 45.1 Å². The van der Waals surface area contributed by atoms with Crippen LogP contribution in [-0.4, -0.2) is 83.0 Å². The number of carboxylic acid groups (broad SMARTS) is 2. The van der Waals surface area contributed by atoms with Gasteiger partial charge < -0.3 is 14.9 Å². The molecule has 1 amide bonds. The van der Waals surface area contributed by atoms with Crippen LogP contribution in [0.25, 0.3) is 0 Å². The summed E-state index contributed by atoms with van der Waals surface area (Å²) in [6.07, 6.45) is -1.01. The lowest BCUT2D eigenvalue weighted by Gasteiger charge is -2.39. The van der Waals surface area contributed by atoms with Crippen molar-refractivity contribution < 1.29 is 24.5 Å². The number of halogens is 1. The van der Waals surface area contributed by atoms with Gasteiger partial charge in [-0.2, -0.15) is 0 Å². The third-order valence-corrected chi connectivity index (χ3v) is 7.44. The molecule has 0 spiro atoms. The maximum atomic E-state index is 12.0. The first-order valence-electron chi connectivity index (χ1n) is 13.7. The van der Waals surface area contributed by atoms with Gasteiger partial charge in [0.15, 0.2) is 0 Å². The number of benzene rings is 3. The molecule has 3 aromatic rings. The second-order valence-electron chi connectivity index (χ2n) is 10.1. The Morgan fingerprint density at radius 1 is 1.02 bits per heavy atom. The molecule has 0 aromatic heterocycles. The average Bonchev–Trinajstić information content (AvgIpc) is 2.98. The molecule has 220 valence electrons. The van der Waals surface area contributed by atoms with Crippen LogP contribution in [0.15, 0.2) is 66.7 Å². The zero-order chi connectivity index (χ0) is 30.1. The van der Waals surface area contributed by atoms with E-state index in [1.165, 1.54) is 17.2 Å². The minimum absolute atomic E-state index is 0.0452. The standard InChI is InChI=1S/C32H35ClN4O5/c1-23-21-24(7-5-6-14-37(34)32(40)41)22-28(31(38)39)30(23)42-20-19-35-15-17-36(18-16-35)29(25-8-3-2-4-9-25)26-10-12-27(33)13-11-26/h2-4,8-13,21-22,29H,6,14-20,34H2,1H3,(H,38,39)(H,40,41)/t29-/m1/s1. The summed E-state index contributed by atoms with van der Waals surface area (Å²) in [7, 11) is 0. The van der Waals surface area contributed by atoms with E-state index in [1.807, 2.05) is 18.2 Å². The molecule has 1 fully saturated rings. The normalized spacial score (nSPS) is 14.5. The molecule has 0 aliphatic carbocycles. The number of carboxylic acids is 1. The number of hydrogen-bond donors (Lipinski definition) is 3. The topological polar surface area (TPSA) is 120 Å². The number of aryl methyl sites for hydroxylation is 1. The Hall–Kier alpha value is -4.07. The van der Waals surface area contributed by atoms with Gasteiger partial charge in [-0.25, -0.2) is 20.4 Å². The maximum absolute atomic E-state index is 12.0. The lowest BCUT2D eigenvalue weighted by Crippen LogP contribution is -2.48. The van der Waals surface area contributed by atoms with Crippen molar-refractivity contribution in [2.24, 2.45) is 5.84 Å². The molecular formula is C32H35ClN4O5. The summed E-state index contributed by atoms with van der Waals surface area (Å²) in [6, 6.07) is 21.9. The molecule has 1 heterocycles. The molecule has 1 saturated heterocycles. The van der Waals surface area contributed by atoms with E-state index in [0.717, 1.165) is 31.2 Å². The maximum Gasteiger partial charge on any atom is 0.421 e. The molecule has 1 aliphatic rings. The molecule has 42 heavy (non-hydrogen) atoms. The van der Waals surface area contributed by atoms with Gasteiger partial charge in [0.2, 0.25) is 0 Å². The first-order chi connectivity index (χ1) is 20.2. The van der Waals surface area contributed by atoms with Crippen molar-refractivity contribution in [1.82, 2.24) is 14.8 Å². The molecule has 4 rings (SSSR count). The Labute approximate surface area is 251 Å². The van der Waals surface area contributed by atoms with Crippen LogP contribution in [-0.2, 0) is 0 Å². The summed E-state index contributed by atoms with van der Waals surface area (Å²) in [5, 5.41) is 20.0. The third kappa shape index (κ3) is 8.24. The van der Waals surface area contributed by atoms with Gasteiger partial charge >= 0.3 is 12.1 Å². The Morgan fingerprint density at radius 2 is 1.69 bits per heavy atom. The summed E-state index contributed by atoms with van der Waals surface area (Å²) < 4.78 is 6.01. The van der Waals surface area contributed by atoms with Crippen molar-refractivity contribution in [3.05, 3.63) is 99.6 Å². The van der Waals surface area contributed by atoms with Gasteiger partial charge in [-0.05, 0) is 47.9 Å². The molecule has 4 N–H and O–H groups in total. The van der Waals surface area contributed by atoms with Gasteiger partial charge in [0.05, 0.1) is 12.6 Å². The predicted octanol–water partition coefficient (Wildman–Crippen LogP) is 4.73. The molecule has 0 unspecified atom stereocenters. The van der Waals surface area contributed by atoms with Gasteiger partial charge in [0.25, 0.3) is 0 Å². The highest BCUT2D eigenvalue weighted by Crippen LogP contribution is 2.30. The molecule has 0 radical (unpaired) electrons. The largest absolute Gasteiger partial charge is 0.491 e. The number of ether oxygens (including phenoxy) is 1. The summed E-state index contributed by atoms with van der Waals surface area (Å²) in [5.74, 6) is 10.3. The van der Waals surface area contributed by atoms with E-state index >= 15 is 0 Å². The summed E-state index contributed by atoms with van der Waals surface area (Å²) in [6.45, 7) is 6.35. The number of piperazine rings is 1. The number of nitrogens with zero attached hydrogens (tertiary/aromatic N) is 3. The highest BCUT2D eigenvalue weighted by Gasteiger charge is 2.26. The van der Waals surface area contributed by atoms with E-state index in [9.17, 15) is 14.7 Å². The van der Waals surface area contributed by atoms with Crippen LogP contribution in [0.4, 0.5) is 4.79 Å². The number of amides is 1. The molecule has 10 heteroatoms. The van der Waals surface area contributed by atoms with Crippen molar-refractivity contribution in [3.8, 4) is 17.6 Å². The number of nitrogens with two attached hydrogens (primary N) is 1. The quantitative estimate of drug-likeness (QED) is 0.134. The second-order valence-corrected chi connectivity index (χ2v) is 10.5. The minimum atomic E-state index is -1.24. The van der Waals surface area contributed by atoms with Crippen molar-refractivity contribution in [1.29, 1.82) is 0 Å². The average molecular weight is 591 g/mol. The molecule has 0 bridgehead atoms. The molecule has 0 saturated carbocycles. The van der Waals surface area contributed by atoms with Crippen LogP contribution in [0.5, 0.6) is 5.75 Å². The fourth-order valence-corrected chi connectivity index (χ4v) is 5.18. The van der Waals surface area contributed by atoms with Crippen molar-refractivity contribution in [3.63, 3.8) is 0 Å². The number of hydrazine groups is 1. The van der Waals surface area contributed by atoms with Gasteiger partial charge in [0.1, 0.15) is 17.9 Å². The molecule has 3 aromatic carbocycles. The smallest absolute Gasteiger partial charge is 0.421 e. The highest BCUT2D eigenvalue weighted by atomic mass is 35.5. The van der Waals surface area contributed by atoms with Gasteiger partial charge in [-0.1, -0.05) is 65.9 Å². The number of aromatic carboxylic acids is 1. The SMILES string of the molecule is Cc1cc(C#CCCN(N)C(=O)O)cc(C(=O)O)c1OCCN1CCN([C@H](c2ccccc2)c2ccc(Cl)cc2)CC1. The van der Waals surface area contributed by atoms with E-state index < -0.39 is 12.1 Å². The minimum Gasteiger partial charge on any atom is -0.491 e. The highest BCUT2D eigenvalue weighted by molar-refractivity contribution is 6.30. The molecular weight excluding hydrogens is 556 g/mol. The van der Waals surface area contributed by atoms with Crippen LogP contribution >= 0.6 is 11.6 Å². The molecule has 1 atom stereocenters. The summed E-state index contributed by atoms with van der Waals surface area (Å²) in [5.41, 5.74) is 3.67. The number of hydrogen-bond acceptors (Lipinski definition) is 6. The van der Waals surface area contributed by atoms with Crippen LogP contribution in [0.3, 0.4) is 0 Å². The molecule has 1 aliphatic heterocycles. The van der Waals surface area contributed by atoms with Crippen molar-refractivity contribution in [2.45, 2.75) is 19.4 Å². The van der Waals surface area contributed by atoms with Crippen molar-refractivity contribution >= 4 is 23.7 Å². The van der Waals surface area contributed by atoms with Gasteiger partial charge in [-0.3, -0.25) is 9.80 Å². The Bertz CT molecular complexity index is 1430. The Morgan fingerprint density at radius 3 is 2.33 bits per heavy atom. The number of carbonyl (C=O) groups is 2. The fraction of sp³-hybridized carbons (Fsp3) is 0.312. The zero-order valence-corrected chi connectivity index (χ0v) is 24.3. The van der Waals surface area contributed by atoms with Crippen molar-refractivity contribution in [2.75, 3.05) is 45.9 Å². The predicted molar refractivity (Wildman–Crippen MR) is 162 cm³/mol. The van der Waals surface area contributed by atoms with Crippen LogP contribution in [0.2, 0.25) is 5.02 Å². The van der Waals surface area contributed by atoms with E-state index in [-0.39, 0.29) is 24.6 Å². The zero-order valence-electron chi connectivity index (χ0n) is 23.5. The van der Waals surface area contributed by atoms with Crippen LogP contribution < -0.4 is 10.6 Å². The van der Waals surface area contributed by atoms with Crippen LogP contribution in [0, 0.1) is 18.8 Å². The monoisotopic (exact) mass is 590 g/mol. The van der Waals surface area contributed by atoms with E-state index in [0.29, 0.717) is 35.0 Å². The first-order valence-corrected chi connectivity index (χ1v) is 14.1. The lowest BCUT2D eigenvalue weighted by molar-refractivity contribution is 0.0689. The lowest BCUT2D eigenvalue weighted by atomic mass is 9.96. The van der Waals surface area contributed by atoms with E-state index in [1.54, 1.807) is 13.0 Å². The Kier molecular flexibility index (Phi) is 10.8. The number of rotatable bonds is 10. The summed E-state index contributed by atoms with van der Waals surface area (Å²) >= 11 is 6.16.